The van der Waals surface area contributed by atoms with Gasteiger partial charge in [0.25, 0.3) is 0 Å². The van der Waals surface area contributed by atoms with Crippen molar-refractivity contribution < 1.29 is 10.2 Å². The minimum absolute atomic E-state index is 0.0768. The number of imidazole rings is 1. The zero-order valence-corrected chi connectivity index (χ0v) is 21.2. The summed E-state index contributed by atoms with van der Waals surface area (Å²) in [4.78, 5) is 4.83. The van der Waals surface area contributed by atoms with Gasteiger partial charge in [0.15, 0.2) is 0 Å². The van der Waals surface area contributed by atoms with Gasteiger partial charge in [-0.25, -0.2) is 4.98 Å². The van der Waals surface area contributed by atoms with E-state index in [1.807, 2.05) is 28.8 Å². The number of phenols is 2. The summed E-state index contributed by atoms with van der Waals surface area (Å²) in [5, 5.41) is 22.9. The van der Waals surface area contributed by atoms with Crippen LogP contribution >= 0.6 is 23.2 Å². The average Bonchev–Trinajstić information content (AvgIpc) is 3.06. The van der Waals surface area contributed by atoms with Crippen molar-refractivity contribution in [1.82, 2.24) is 9.55 Å². The second kappa shape index (κ2) is 7.96. The maximum absolute atomic E-state index is 11.2. The maximum Gasteiger partial charge on any atom is 0.149 e. The van der Waals surface area contributed by atoms with Crippen molar-refractivity contribution in [1.29, 1.82) is 0 Å². The second-order valence-electron chi connectivity index (χ2n) is 10.5. The first kappa shape index (κ1) is 23.5. The molecule has 0 bridgehead atoms. The van der Waals surface area contributed by atoms with Crippen molar-refractivity contribution in [2.75, 3.05) is 0 Å². The number of hydrogen-bond donors (Lipinski definition) is 2. The first-order valence-corrected chi connectivity index (χ1v) is 11.6. The number of aromatic hydroxyl groups is 2. The van der Waals surface area contributed by atoms with E-state index in [0.29, 0.717) is 32.7 Å². The van der Waals surface area contributed by atoms with E-state index < -0.39 is 0 Å². The predicted octanol–water partition coefficient (Wildman–Crippen LogP) is 8.01. The van der Waals surface area contributed by atoms with Crippen molar-refractivity contribution in [2.24, 2.45) is 0 Å². The van der Waals surface area contributed by atoms with Crippen LogP contribution in [0.15, 0.2) is 48.5 Å². The molecule has 0 radical (unpaired) electrons. The highest BCUT2D eigenvalue weighted by Gasteiger charge is 2.28. The van der Waals surface area contributed by atoms with E-state index in [0.717, 1.165) is 22.3 Å². The van der Waals surface area contributed by atoms with Gasteiger partial charge in [0, 0.05) is 26.9 Å². The van der Waals surface area contributed by atoms with Gasteiger partial charge in [-0.2, -0.15) is 0 Å². The van der Waals surface area contributed by atoms with Crippen LogP contribution < -0.4 is 0 Å². The van der Waals surface area contributed by atoms with Gasteiger partial charge in [0.1, 0.15) is 17.3 Å². The monoisotopic (exact) mass is 482 g/mol. The van der Waals surface area contributed by atoms with Gasteiger partial charge in [0.05, 0.1) is 16.6 Å². The number of fused-ring (bicyclic) bond motifs is 1. The van der Waals surface area contributed by atoms with E-state index in [2.05, 4.69) is 41.5 Å². The lowest BCUT2D eigenvalue weighted by molar-refractivity contribution is 0.423. The Balaban J connectivity index is 2.15. The summed E-state index contributed by atoms with van der Waals surface area (Å²) in [5.74, 6) is 0.920. The van der Waals surface area contributed by atoms with Crippen LogP contribution in [0.4, 0.5) is 0 Å². The minimum atomic E-state index is -0.294. The Morgan fingerprint density at radius 1 is 0.758 bits per heavy atom. The molecule has 1 heterocycles. The molecule has 2 N–H and O–H groups in total. The zero-order chi connectivity index (χ0) is 24.3. The SMILES string of the molecule is CC(C)(C)c1cc(-n2c(-c3cc(Cl)ccc3O)nc3cc(Cl)ccc32)cc(C(C)(C)C)c1O. The van der Waals surface area contributed by atoms with Gasteiger partial charge in [-0.05, 0) is 59.4 Å². The van der Waals surface area contributed by atoms with Crippen LogP contribution in [0, 0.1) is 0 Å². The summed E-state index contributed by atoms with van der Waals surface area (Å²) in [6.45, 7) is 12.5. The molecule has 0 saturated carbocycles. The van der Waals surface area contributed by atoms with Crippen LogP contribution in [0.2, 0.25) is 10.0 Å². The Morgan fingerprint density at radius 2 is 1.30 bits per heavy atom. The Bertz CT molecular complexity index is 1340. The first-order valence-electron chi connectivity index (χ1n) is 10.8. The van der Waals surface area contributed by atoms with Gasteiger partial charge < -0.3 is 10.2 Å². The second-order valence-corrected chi connectivity index (χ2v) is 11.3. The molecule has 0 unspecified atom stereocenters. The third-order valence-corrected chi connectivity index (χ3v) is 6.26. The summed E-state index contributed by atoms with van der Waals surface area (Å²) >= 11 is 12.5. The smallest absolute Gasteiger partial charge is 0.149 e. The standard InChI is InChI=1S/C27H28Cl2N2O2/c1-26(2,3)19-13-17(14-20(24(19)33)27(4,5)6)31-22-9-7-16(29)12-21(22)30-25(31)18-11-15(28)8-10-23(18)32/h7-14,32-33H,1-6H3. The van der Waals surface area contributed by atoms with E-state index in [1.54, 1.807) is 24.3 Å². The molecule has 0 amide bonds. The molecule has 33 heavy (non-hydrogen) atoms. The summed E-state index contributed by atoms with van der Waals surface area (Å²) in [5.41, 5.74) is 3.96. The van der Waals surface area contributed by atoms with Crippen molar-refractivity contribution in [3.63, 3.8) is 0 Å². The van der Waals surface area contributed by atoms with Crippen LogP contribution in [0.25, 0.3) is 28.1 Å². The van der Waals surface area contributed by atoms with E-state index in [-0.39, 0.29) is 16.6 Å². The fourth-order valence-corrected chi connectivity index (χ4v) is 4.41. The predicted molar refractivity (Wildman–Crippen MR) is 137 cm³/mol. The zero-order valence-electron chi connectivity index (χ0n) is 19.7. The van der Waals surface area contributed by atoms with Gasteiger partial charge in [-0.1, -0.05) is 64.7 Å². The molecule has 1 aromatic heterocycles. The summed E-state index contributed by atoms with van der Waals surface area (Å²) in [6.07, 6.45) is 0. The Morgan fingerprint density at radius 3 is 1.88 bits per heavy atom. The molecule has 0 fully saturated rings. The highest BCUT2D eigenvalue weighted by molar-refractivity contribution is 6.31. The molecule has 0 saturated heterocycles. The molecule has 0 spiro atoms. The van der Waals surface area contributed by atoms with Gasteiger partial charge in [0.2, 0.25) is 0 Å². The van der Waals surface area contributed by atoms with E-state index in [9.17, 15) is 10.2 Å². The first-order chi connectivity index (χ1) is 15.3. The Kier molecular flexibility index (Phi) is 5.66. The highest BCUT2D eigenvalue weighted by atomic mass is 35.5. The fourth-order valence-electron chi connectivity index (χ4n) is 4.07. The third-order valence-electron chi connectivity index (χ3n) is 5.78. The van der Waals surface area contributed by atoms with Crippen molar-refractivity contribution in [2.45, 2.75) is 52.4 Å². The number of halogens is 2. The van der Waals surface area contributed by atoms with Gasteiger partial charge >= 0.3 is 0 Å². The lowest BCUT2D eigenvalue weighted by Crippen LogP contribution is -2.18. The minimum Gasteiger partial charge on any atom is -0.507 e. The topological polar surface area (TPSA) is 58.3 Å². The highest BCUT2D eigenvalue weighted by Crippen LogP contribution is 2.43. The molecule has 4 aromatic rings. The number of benzene rings is 3. The lowest BCUT2D eigenvalue weighted by atomic mass is 9.79. The van der Waals surface area contributed by atoms with Crippen molar-refractivity contribution in [3.05, 3.63) is 69.7 Å². The van der Waals surface area contributed by atoms with Crippen molar-refractivity contribution in [3.8, 4) is 28.6 Å². The molecule has 0 aliphatic carbocycles. The maximum atomic E-state index is 11.2. The van der Waals surface area contributed by atoms with Gasteiger partial charge in [-0.15, -0.1) is 0 Å². The van der Waals surface area contributed by atoms with Crippen LogP contribution in [-0.2, 0) is 10.8 Å². The van der Waals surface area contributed by atoms with Crippen molar-refractivity contribution >= 4 is 34.2 Å². The number of hydrogen-bond acceptors (Lipinski definition) is 3. The molecular weight excluding hydrogens is 455 g/mol. The quantitative estimate of drug-likeness (QED) is 0.304. The number of nitrogens with zero attached hydrogens (tertiary/aromatic N) is 2. The number of aromatic nitrogens is 2. The van der Waals surface area contributed by atoms with Crippen LogP contribution in [0.5, 0.6) is 11.5 Å². The van der Waals surface area contributed by atoms with Crippen LogP contribution in [-0.4, -0.2) is 19.8 Å². The summed E-state index contributed by atoms with van der Waals surface area (Å²) in [7, 11) is 0. The molecule has 172 valence electrons. The molecule has 4 rings (SSSR count). The molecule has 0 aliphatic heterocycles. The summed E-state index contributed by atoms with van der Waals surface area (Å²) in [6, 6.07) is 14.4. The number of phenolic OH excluding ortho intramolecular Hbond substituents is 2. The van der Waals surface area contributed by atoms with Crippen LogP contribution in [0.1, 0.15) is 52.7 Å². The molecular formula is C27H28Cl2N2O2. The van der Waals surface area contributed by atoms with Crippen LogP contribution in [0.3, 0.4) is 0 Å². The lowest BCUT2D eigenvalue weighted by Gasteiger charge is -2.28. The van der Waals surface area contributed by atoms with E-state index >= 15 is 0 Å². The molecule has 4 nitrogen and oxygen atoms in total. The summed E-state index contributed by atoms with van der Waals surface area (Å²) < 4.78 is 1.99. The largest absolute Gasteiger partial charge is 0.507 e. The third kappa shape index (κ3) is 4.30. The molecule has 0 aliphatic rings. The van der Waals surface area contributed by atoms with E-state index in [4.69, 9.17) is 28.2 Å². The molecule has 6 heteroatoms. The Labute approximate surface area is 204 Å². The average molecular weight is 483 g/mol. The van der Waals surface area contributed by atoms with E-state index in [1.165, 1.54) is 0 Å². The number of rotatable bonds is 2. The Hall–Kier alpha value is -2.69. The fraction of sp³-hybridized carbons (Fsp3) is 0.296. The molecule has 3 aromatic carbocycles. The van der Waals surface area contributed by atoms with Gasteiger partial charge in [-0.3, -0.25) is 4.57 Å². The normalized spacial score (nSPS) is 12.5. The molecule has 0 atom stereocenters.